The Morgan fingerprint density at radius 1 is 0.964 bits per heavy atom. The van der Waals surface area contributed by atoms with Gasteiger partial charge < -0.3 is 15.2 Å². The normalized spacial score (nSPS) is 12.4. The second kappa shape index (κ2) is 12.4. The third-order valence-corrected chi connectivity index (χ3v) is 4.55. The summed E-state index contributed by atoms with van der Waals surface area (Å²) >= 11 is 0. The van der Waals surface area contributed by atoms with Crippen LogP contribution in [0, 0.1) is 0 Å². The molecule has 0 saturated carbocycles. The average molecular weight is 392 g/mol. The molecule has 1 aromatic carbocycles. The van der Waals surface area contributed by atoms with Gasteiger partial charge in [-0.1, -0.05) is 63.3 Å². The molecule has 0 aromatic heterocycles. The molecule has 28 heavy (non-hydrogen) atoms. The number of carbonyl (C=O) groups is 2. The Morgan fingerprint density at radius 3 is 2.04 bits per heavy atom. The van der Waals surface area contributed by atoms with Crippen molar-refractivity contribution in [3.8, 4) is 0 Å². The Morgan fingerprint density at radius 2 is 1.50 bits per heavy atom. The first-order valence-corrected chi connectivity index (χ1v) is 10.5. The lowest BCUT2D eigenvalue weighted by Crippen LogP contribution is -2.43. The molecule has 5 heteroatoms. The number of aryl methyl sites for hydroxylation is 2. The number of carboxylic acid groups (broad SMARTS) is 1. The maximum atomic E-state index is 11.8. The molecule has 1 unspecified atom stereocenters. The molecule has 0 aliphatic rings. The first-order chi connectivity index (χ1) is 13.2. The smallest absolute Gasteiger partial charge is 0.408 e. The van der Waals surface area contributed by atoms with Crippen molar-refractivity contribution < 1.29 is 19.4 Å². The first kappa shape index (κ1) is 24.0. The van der Waals surface area contributed by atoms with Crippen LogP contribution in [-0.2, 0) is 22.4 Å². The van der Waals surface area contributed by atoms with Crippen LogP contribution in [0.3, 0.4) is 0 Å². The minimum Gasteiger partial charge on any atom is -0.480 e. The van der Waals surface area contributed by atoms with Crippen LogP contribution in [0.2, 0.25) is 0 Å². The summed E-state index contributed by atoms with van der Waals surface area (Å²) in [5.74, 6) is -1.05. The first-order valence-electron chi connectivity index (χ1n) is 10.5. The van der Waals surface area contributed by atoms with Crippen molar-refractivity contribution in [2.45, 2.75) is 97.1 Å². The molecule has 1 atom stereocenters. The number of hydrogen-bond acceptors (Lipinski definition) is 3. The maximum Gasteiger partial charge on any atom is 0.408 e. The number of benzene rings is 1. The lowest BCUT2D eigenvalue weighted by atomic mass is 10.0. The zero-order chi connectivity index (χ0) is 21.0. The van der Waals surface area contributed by atoms with E-state index < -0.39 is 23.7 Å². The Balaban J connectivity index is 2.41. The van der Waals surface area contributed by atoms with Gasteiger partial charge >= 0.3 is 12.1 Å². The summed E-state index contributed by atoms with van der Waals surface area (Å²) in [7, 11) is 0. The fourth-order valence-corrected chi connectivity index (χ4v) is 3.00. The molecule has 0 spiro atoms. The van der Waals surface area contributed by atoms with E-state index in [1.54, 1.807) is 20.8 Å². The molecule has 1 aromatic rings. The van der Waals surface area contributed by atoms with E-state index >= 15 is 0 Å². The highest BCUT2D eigenvalue weighted by Crippen LogP contribution is 2.13. The third-order valence-electron chi connectivity index (χ3n) is 4.55. The summed E-state index contributed by atoms with van der Waals surface area (Å²) in [5, 5.41) is 11.8. The van der Waals surface area contributed by atoms with Crippen molar-refractivity contribution in [3.05, 3.63) is 35.4 Å². The monoisotopic (exact) mass is 391 g/mol. The van der Waals surface area contributed by atoms with Gasteiger partial charge in [-0.15, -0.1) is 0 Å². The number of unbranched alkanes of at least 4 members (excludes halogenated alkanes) is 5. The van der Waals surface area contributed by atoms with Gasteiger partial charge in [0, 0.05) is 0 Å². The number of hydrogen-bond donors (Lipinski definition) is 2. The molecule has 158 valence electrons. The minimum absolute atomic E-state index is 0.325. The van der Waals surface area contributed by atoms with E-state index in [0.29, 0.717) is 12.8 Å². The van der Waals surface area contributed by atoms with Gasteiger partial charge in [-0.3, -0.25) is 0 Å². The average Bonchev–Trinajstić information content (AvgIpc) is 2.61. The third kappa shape index (κ3) is 11.0. The van der Waals surface area contributed by atoms with E-state index in [4.69, 9.17) is 4.74 Å². The van der Waals surface area contributed by atoms with Crippen LogP contribution in [0.5, 0.6) is 0 Å². The zero-order valence-electron chi connectivity index (χ0n) is 17.9. The largest absolute Gasteiger partial charge is 0.480 e. The highest BCUT2D eigenvalue weighted by Gasteiger charge is 2.23. The molecule has 2 N–H and O–H groups in total. The van der Waals surface area contributed by atoms with Crippen molar-refractivity contribution in [2.75, 3.05) is 0 Å². The highest BCUT2D eigenvalue weighted by molar-refractivity contribution is 5.80. The van der Waals surface area contributed by atoms with Crippen LogP contribution in [0.15, 0.2) is 24.3 Å². The van der Waals surface area contributed by atoms with E-state index in [9.17, 15) is 14.7 Å². The molecule has 1 amide bonds. The van der Waals surface area contributed by atoms with Crippen molar-refractivity contribution in [1.29, 1.82) is 0 Å². The van der Waals surface area contributed by atoms with Gasteiger partial charge in [0.05, 0.1) is 0 Å². The minimum atomic E-state index is -1.05. The van der Waals surface area contributed by atoms with E-state index in [-0.39, 0.29) is 0 Å². The van der Waals surface area contributed by atoms with Gasteiger partial charge in [-0.05, 0) is 57.6 Å². The molecule has 0 radical (unpaired) electrons. The summed E-state index contributed by atoms with van der Waals surface area (Å²) in [5.41, 5.74) is 1.74. The fraction of sp³-hybridized carbons (Fsp3) is 0.652. The van der Waals surface area contributed by atoms with Crippen LogP contribution >= 0.6 is 0 Å². The van der Waals surface area contributed by atoms with Crippen LogP contribution in [-0.4, -0.2) is 28.8 Å². The number of aliphatic carboxylic acids is 1. The fourth-order valence-electron chi connectivity index (χ4n) is 3.00. The van der Waals surface area contributed by atoms with Crippen LogP contribution in [0.1, 0.15) is 83.8 Å². The molecule has 0 saturated heterocycles. The summed E-state index contributed by atoms with van der Waals surface area (Å²) in [6.07, 6.45) is 9.04. The van der Waals surface area contributed by atoms with Crippen LogP contribution < -0.4 is 5.32 Å². The SMILES string of the molecule is CCCCCCCCc1ccc(CCC(NC(=O)OC(C)(C)C)C(=O)O)cc1. The summed E-state index contributed by atoms with van der Waals surface area (Å²) in [6, 6.07) is 7.40. The van der Waals surface area contributed by atoms with E-state index in [1.165, 1.54) is 44.1 Å². The molecule has 0 heterocycles. The standard InChI is InChI=1S/C23H37NO4/c1-5-6-7-8-9-10-11-18-12-14-19(15-13-18)16-17-20(21(25)26)24-22(27)28-23(2,3)4/h12-15,20H,5-11,16-17H2,1-4H3,(H,24,27)(H,25,26). The summed E-state index contributed by atoms with van der Waals surface area (Å²) < 4.78 is 5.14. The van der Waals surface area contributed by atoms with Crippen LogP contribution in [0.4, 0.5) is 4.79 Å². The van der Waals surface area contributed by atoms with E-state index in [0.717, 1.165) is 12.0 Å². The van der Waals surface area contributed by atoms with Crippen molar-refractivity contribution in [3.63, 3.8) is 0 Å². The number of alkyl carbamates (subject to hydrolysis) is 1. The Kier molecular flexibility index (Phi) is 10.6. The Bertz CT molecular complexity index is 590. The van der Waals surface area contributed by atoms with Gasteiger partial charge in [0.2, 0.25) is 0 Å². The quantitative estimate of drug-likeness (QED) is 0.461. The Labute approximate surface area is 169 Å². The zero-order valence-corrected chi connectivity index (χ0v) is 17.9. The number of nitrogens with one attached hydrogen (secondary N) is 1. The summed E-state index contributed by atoms with van der Waals surface area (Å²) in [4.78, 5) is 23.2. The second-order valence-corrected chi connectivity index (χ2v) is 8.41. The molecule has 0 aliphatic carbocycles. The Hall–Kier alpha value is -2.04. The van der Waals surface area contributed by atoms with Gasteiger partial charge in [0.1, 0.15) is 11.6 Å². The predicted octanol–water partition coefficient (Wildman–Crippen LogP) is 5.50. The highest BCUT2D eigenvalue weighted by atomic mass is 16.6. The maximum absolute atomic E-state index is 11.8. The molecule has 1 rings (SSSR count). The molecule has 0 fully saturated rings. The topological polar surface area (TPSA) is 75.6 Å². The summed E-state index contributed by atoms with van der Waals surface area (Å²) in [6.45, 7) is 7.47. The molecular weight excluding hydrogens is 354 g/mol. The number of ether oxygens (including phenoxy) is 1. The van der Waals surface area contributed by atoms with Crippen molar-refractivity contribution in [2.24, 2.45) is 0 Å². The van der Waals surface area contributed by atoms with Crippen LogP contribution in [0.25, 0.3) is 0 Å². The predicted molar refractivity (Wildman–Crippen MR) is 113 cm³/mol. The molecule has 0 bridgehead atoms. The molecule has 5 nitrogen and oxygen atoms in total. The number of amides is 1. The van der Waals surface area contributed by atoms with Crippen molar-refractivity contribution >= 4 is 12.1 Å². The second-order valence-electron chi connectivity index (χ2n) is 8.41. The van der Waals surface area contributed by atoms with Gasteiger partial charge in [0.25, 0.3) is 0 Å². The van der Waals surface area contributed by atoms with E-state index in [2.05, 4.69) is 36.5 Å². The van der Waals surface area contributed by atoms with Gasteiger partial charge in [0.15, 0.2) is 0 Å². The number of carbonyl (C=O) groups excluding carboxylic acids is 1. The number of carboxylic acids is 1. The lowest BCUT2D eigenvalue weighted by molar-refractivity contribution is -0.139. The lowest BCUT2D eigenvalue weighted by Gasteiger charge is -2.22. The van der Waals surface area contributed by atoms with E-state index in [1.807, 2.05) is 0 Å². The molecular formula is C23H37NO4. The molecule has 0 aliphatic heterocycles. The van der Waals surface area contributed by atoms with Gasteiger partial charge in [-0.25, -0.2) is 9.59 Å². The van der Waals surface area contributed by atoms with Crippen molar-refractivity contribution in [1.82, 2.24) is 5.32 Å². The number of rotatable bonds is 12. The van der Waals surface area contributed by atoms with Gasteiger partial charge in [-0.2, -0.15) is 0 Å².